The van der Waals surface area contributed by atoms with E-state index < -0.39 is 10.0 Å². The van der Waals surface area contributed by atoms with Gasteiger partial charge in [0.2, 0.25) is 0 Å². The van der Waals surface area contributed by atoms with Gasteiger partial charge in [0.15, 0.2) is 11.6 Å². The van der Waals surface area contributed by atoms with E-state index in [4.69, 9.17) is 0 Å². The Bertz CT molecular complexity index is 1140. The quantitative estimate of drug-likeness (QED) is 0.685. The molecule has 27 heavy (non-hydrogen) atoms. The van der Waals surface area contributed by atoms with Gasteiger partial charge in [-0.15, -0.1) is 10.2 Å². The van der Waals surface area contributed by atoms with Gasteiger partial charge < -0.3 is 4.57 Å². The van der Waals surface area contributed by atoms with E-state index in [1.165, 1.54) is 19.1 Å². The lowest BCUT2D eigenvalue weighted by Crippen LogP contribution is -2.13. The number of carbonyl (C=O) groups is 1. The van der Waals surface area contributed by atoms with Crippen molar-refractivity contribution in [3.05, 3.63) is 59.9 Å². The van der Waals surface area contributed by atoms with Crippen LogP contribution < -0.4 is 4.72 Å². The molecule has 0 aliphatic carbocycles. The fourth-order valence-electron chi connectivity index (χ4n) is 3.18. The maximum Gasteiger partial charge on any atom is 0.261 e. The highest BCUT2D eigenvalue weighted by atomic mass is 32.2. The standard InChI is InChI=1S/C19H18N4O3S/c1-13(24)14-5-3-8-17(12-14)27(25,26)22-16-7-2-6-15(11-16)19-21-20-18-9-4-10-23(18)19/h2-3,5-8,11-12,22H,4,9-10H2,1H3. The second kappa shape index (κ2) is 6.62. The summed E-state index contributed by atoms with van der Waals surface area (Å²) in [4.78, 5) is 11.6. The highest BCUT2D eigenvalue weighted by Gasteiger charge is 2.20. The zero-order chi connectivity index (χ0) is 19.0. The number of nitrogens with zero attached hydrogens (tertiary/aromatic N) is 3. The van der Waals surface area contributed by atoms with Crippen molar-refractivity contribution in [1.29, 1.82) is 0 Å². The van der Waals surface area contributed by atoms with Gasteiger partial charge in [-0.2, -0.15) is 0 Å². The third-order valence-corrected chi connectivity index (χ3v) is 5.91. The molecule has 0 bridgehead atoms. The molecule has 0 radical (unpaired) electrons. The highest BCUT2D eigenvalue weighted by Crippen LogP contribution is 2.26. The number of hydrogen-bond acceptors (Lipinski definition) is 5. The van der Waals surface area contributed by atoms with Crippen LogP contribution in [0.4, 0.5) is 5.69 Å². The van der Waals surface area contributed by atoms with Crippen molar-refractivity contribution in [2.75, 3.05) is 4.72 Å². The van der Waals surface area contributed by atoms with E-state index in [9.17, 15) is 13.2 Å². The van der Waals surface area contributed by atoms with E-state index in [0.717, 1.165) is 36.6 Å². The maximum absolute atomic E-state index is 12.7. The molecule has 1 aromatic heterocycles. The molecule has 1 aliphatic rings. The first-order valence-corrected chi connectivity index (χ1v) is 10.1. The third kappa shape index (κ3) is 3.35. The molecular weight excluding hydrogens is 364 g/mol. The van der Waals surface area contributed by atoms with Crippen LogP contribution in [-0.2, 0) is 23.0 Å². The molecule has 0 saturated heterocycles. The van der Waals surface area contributed by atoms with Crippen molar-refractivity contribution in [2.45, 2.75) is 31.2 Å². The van der Waals surface area contributed by atoms with Crippen molar-refractivity contribution in [2.24, 2.45) is 0 Å². The second-order valence-corrected chi connectivity index (χ2v) is 8.15. The first-order chi connectivity index (χ1) is 12.9. The van der Waals surface area contributed by atoms with Gasteiger partial charge in [-0.1, -0.05) is 24.3 Å². The van der Waals surface area contributed by atoms with Crippen LogP contribution in [0.15, 0.2) is 53.4 Å². The van der Waals surface area contributed by atoms with Crippen molar-refractivity contribution < 1.29 is 13.2 Å². The molecule has 8 heteroatoms. The van der Waals surface area contributed by atoms with E-state index in [1.54, 1.807) is 30.3 Å². The van der Waals surface area contributed by atoms with Gasteiger partial charge >= 0.3 is 0 Å². The lowest BCUT2D eigenvalue weighted by molar-refractivity contribution is 0.101. The zero-order valence-electron chi connectivity index (χ0n) is 14.7. The van der Waals surface area contributed by atoms with Crippen molar-refractivity contribution in [1.82, 2.24) is 14.8 Å². The largest absolute Gasteiger partial charge is 0.311 e. The fraction of sp³-hybridized carbons (Fsp3) is 0.211. The van der Waals surface area contributed by atoms with E-state index in [-0.39, 0.29) is 10.7 Å². The van der Waals surface area contributed by atoms with Gasteiger partial charge in [-0.25, -0.2) is 8.42 Å². The fourth-order valence-corrected chi connectivity index (χ4v) is 4.28. The predicted octanol–water partition coefficient (Wildman–Crippen LogP) is 2.89. The summed E-state index contributed by atoms with van der Waals surface area (Å²) in [6.45, 7) is 2.27. The summed E-state index contributed by atoms with van der Waals surface area (Å²) in [6.07, 6.45) is 1.95. The van der Waals surface area contributed by atoms with Gasteiger partial charge in [0.25, 0.3) is 10.0 Å². The molecule has 2 aromatic carbocycles. The van der Waals surface area contributed by atoms with E-state index in [0.29, 0.717) is 11.3 Å². The number of Topliss-reactive ketones (excluding diaryl/α,β-unsaturated/α-hetero) is 1. The van der Waals surface area contributed by atoms with Crippen molar-refractivity contribution in [3.63, 3.8) is 0 Å². The molecule has 3 aromatic rings. The second-order valence-electron chi connectivity index (χ2n) is 6.47. The number of carbonyl (C=O) groups excluding carboxylic acids is 1. The topological polar surface area (TPSA) is 93.9 Å². The molecule has 0 atom stereocenters. The van der Waals surface area contributed by atoms with E-state index in [1.807, 2.05) is 6.07 Å². The summed E-state index contributed by atoms with van der Waals surface area (Å²) < 4.78 is 30.0. The lowest BCUT2D eigenvalue weighted by Gasteiger charge is -2.10. The molecule has 0 saturated carbocycles. The number of ketones is 1. The Labute approximate surface area is 157 Å². The average Bonchev–Trinajstić information content (AvgIpc) is 3.25. The van der Waals surface area contributed by atoms with Crippen LogP contribution >= 0.6 is 0 Å². The Morgan fingerprint density at radius 3 is 2.74 bits per heavy atom. The molecule has 0 amide bonds. The molecular formula is C19H18N4O3S. The summed E-state index contributed by atoms with van der Waals surface area (Å²) >= 11 is 0. The molecule has 0 spiro atoms. The maximum atomic E-state index is 12.7. The van der Waals surface area contributed by atoms with E-state index >= 15 is 0 Å². The van der Waals surface area contributed by atoms with Gasteiger partial charge in [0.1, 0.15) is 5.82 Å². The summed E-state index contributed by atoms with van der Waals surface area (Å²) in [5.74, 6) is 1.51. The smallest absolute Gasteiger partial charge is 0.261 e. The molecule has 1 aliphatic heterocycles. The molecule has 2 heterocycles. The summed E-state index contributed by atoms with van der Waals surface area (Å²) in [5, 5.41) is 8.43. The zero-order valence-corrected chi connectivity index (χ0v) is 15.5. The summed E-state index contributed by atoms with van der Waals surface area (Å²) in [6, 6.07) is 13.1. The van der Waals surface area contributed by atoms with Gasteiger partial charge in [-0.3, -0.25) is 9.52 Å². The Hall–Kier alpha value is -3.00. The minimum absolute atomic E-state index is 0.0453. The number of aromatic nitrogens is 3. The number of rotatable bonds is 5. The first-order valence-electron chi connectivity index (χ1n) is 8.60. The highest BCUT2D eigenvalue weighted by molar-refractivity contribution is 7.92. The number of nitrogens with one attached hydrogen (secondary N) is 1. The third-order valence-electron chi connectivity index (χ3n) is 4.53. The molecule has 7 nitrogen and oxygen atoms in total. The molecule has 138 valence electrons. The van der Waals surface area contributed by atoms with Crippen LogP contribution in [0.2, 0.25) is 0 Å². The predicted molar refractivity (Wildman–Crippen MR) is 101 cm³/mol. The number of anilines is 1. The number of aryl methyl sites for hydroxylation is 1. The Kier molecular flexibility index (Phi) is 4.27. The first kappa shape index (κ1) is 17.4. The van der Waals surface area contributed by atoms with Crippen LogP contribution in [-0.4, -0.2) is 29.0 Å². The number of benzene rings is 2. The lowest BCUT2D eigenvalue weighted by atomic mass is 10.2. The van der Waals surface area contributed by atoms with Crippen LogP contribution in [0, 0.1) is 0 Å². The van der Waals surface area contributed by atoms with Gasteiger partial charge in [0, 0.05) is 29.8 Å². The van der Waals surface area contributed by atoms with Crippen LogP contribution in [0.5, 0.6) is 0 Å². The Morgan fingerprint density at radius 2 is 1.93 bits per heavy atom. The number of fused-ring (bicyclic) bond motifs is 1. The normalized spacial score (nSPS) is 13.4. The minimum atomic E-state index is -3.81. The van der Waals surface area contributed by atoms with E-state index in [2.05, 4.69) is 19.5 Å². The summed E-state index contributed by atoms with van der Waals surface area (Å²) in [7, 11) is -3.81. The Balaban J connectivity index is 1.65. The van der Waals surface area contributed by atoms with Crippen LogP contribution in [0.25, 0.3) is 11.4 Å². The average molecular weight is 382 g/mol. The van der Waals surface area contributed by atoms with Crippen LogP contribution in [0.3, 0.4) is 0 Å². The van der Waals surface area contributed by atoms with Gasteiger partial charge in [-0.05, 0) is 37.6 Å². The van der Waals surface area contributed by atoms with Crippen LogP contribution in [0.1, 0.15) is 29.5 Å². The van der Waals surface area contributed by atoms with Crippen molar-refractivity contribution in [3.8, 4) is 11.4 Å². The number of hydrogen-bond donors (Lipinski definition) is 1. The molecule has 0 unspecified atom stereocenters. The van der Waals surface area contributed by atoms with Gasteiger partial charge in [0.05, 0.1) is 4.90 Å². The molecule has 1 N–H and O–H groups in total. The monoisotopic (exact) mass is 382 g/mol. The molecule has 4 rings (SSSR count). The minimum Gasteiger partial charge on any atom is -0.311 e. The Morgan fingerprint density at radius 1 is 1.11 bits per heavy atom. The molecule has 0 fully saturated rings. The number of sulfonamides is 1. The SMILES string of the molecule is CC(=O)c1cccc(S(=O)(=O)Nc2cccc(-c3nnc4n3CCC4)c2)c1. The summed E-state index contributed by atoms with van der Waals surface area (Å²) in [5.41, 5.74) is 1.58. The van der Waals surface area contributed by atoms with Crippen molar-refractivity contribution >= 4 is 21.5 Å².